The van der Waals surface area contributed by atoms with Gasteiger partial charge >= 0.3 is 5.97 Å². The average Bonchev–Trinajstić information content (AvgIpc) is 2.76. The summed E-state index contributed by atoms with van der Waals surface area (Å²) in [5.41, 5.74) is 0.205. The quantitative estimate of drug-likeness (QED) is 0.840. The van der Waals surface area contributed by atoms with Crippen LogP contribution in [0, 0.1) is 0 Å². The van der Waals surface area contributed by atoms with Crippen molar-refractivity contribution < 1.29 is 18.5 Å². The van der Waals surface area contributed by atoms with Crippen molar-refractivity contribution in [3.63, 3.8) is 0 Å². The highest BCUT2D eigenvalue weighted by Gasteiger charge is 2.19. The summed E-state index contributed by atoms with van der Waals surface area (Å²) < 4.78 is 16.3. The molecule has 17 heavy (non-hydrogen) atoms. The van der Waals surface area contributed by atoms with Gasteiger partial charge in [0.2, 0.25) is 0 Å². The van der Waals surface area contributed by atoms with Crippen molar-refractivity contribution in [1.82, 2.24) is 5.32 Å². The molecule has 94 valence electrons. The molecule has 6 heteroatoms. The molecule has 0 saturated carbocycles. The minimum Gasteiger partial charge on any atom is -0.478 e. The monoisotopic (exact) mass is 257 g/mol. The van der Waals surface area contributed by atoms with Gasteiger partial charge in [-0.25, -0.2) is 4.79 Å². The fourth-order valence-corrected chi connectivity index (χ4v) is 3.20. The topological polar surface area (TPSA) is 79.5 Å². The molecule has 1 aromatic heterocycles. The molecule has 0 atom stereocenters. The van der Waals surface area contributed by atoms with Crippen molar-refractivity contribution in [2.75, 3.05) is 11.5 Å². The van der Waals surface area contributed by atoms with Crippen LogP contribution in [0.5, 0.6) is 0 Å². The van der Waals surface area contributed by atoms with Crippen LogP contribution in [0.15, 0.2) is 16.7 Å². The molecule has 0 aliphatic carbocycles. The zero-order valence-electron chi connectivity index (χ0n) is 9.35. The van der Waals surface area contributed by atoms with Crippen molar-refractivity contribution in [2.45, 2.75) is 25.4 Å². The van der Waals surface area contributed by atoms with Crippen LogP contribution in [0.2, 0.25) is 0 Å². The Morgan fingerprint density at radius 1 is 1.53 bits per heavy atom. The van der Waals surface area contributed by atoms with Gasteiger partial charge in [0, 0.05) is 28.3 Å². The highest BCUT2D eigenvalue weighted by Crippen LogP contribution is 2.13. The van der Waals surface area contributed by atoms with E-state index in [1.54, 1.807) is 0 Å². The highest BCUT2D eigenvalue weighted by atomic mass is 32.2. The fourth-order valence-electron chi connectivity index (χ4n) is 1.90. The SMILES string of the molecule is O=C(O)c1ccoc1CNC1CCS(=O)CC1. The number of rotatable bonds is 4. The Kier molecular flexibility index (Phi) is 3.96. The first-order chi connectivity index (χ1) is 8.16. The van der Waals surface area contributed by atoms with Crippen molar-refractivity contribution in [1.29, 1.82) is 0 Å². The minimum atomic E-state index is -0.972. The number of hydrogen-bond donors (Lipinski definition) is 2. The van der Waals surface area contributed by atoms with E-state index < -0.39 is 16.8 Å². The zero-order chi connectivity index (χ0) is 12.3. The van der Waals surface area contributed by atoms with E-state index in [1.807, 2.05) is 0 Å². The Hall–Kier alpha value is -1.14. The molecule has 0 aromatic carbocycles. The number of carbonyl (C=O) groups is 1. The summed E-state index contributed by atoms with van der Waals surface area (Å²) in [4.78, 5) is 10.8. The second-order valence-corrected chi connectivity index (χ2v) is 5.76. The molecule has 2 N–H and O–H groups in total. The summed E-state index contributed by atoms with van der Waals surface area (Å²) in [6.45, 7) is 0.409. The maximum Gasteiger partial charge on any atom is 0.339 e. The molecule has 0 amide bonds. The predicted molar refractivity (Wildman–Crippen MR) is 63.4 cm³/mol. The van der Waals surface area contributed by atoms with E-state index >= 15 is 0 Å². The van der Waals surface area contributed by atoms with Gasteiger partial charge in [0.05, 0.1) is 12.8 Å². The first-order valence-corrected chi connectivity index (χ1v) is 7.03. The van der Waals surface area contributed by atoms with E-state index in [4.69, 9.17) is 9.52 Å². The Morgan fingerprint density at radius 2 is 2.24 bits per heavy atom. The lowest BCUT2D eigenvalue weighted by atomic mass is 10.1. The maximum absolute atomic E-state index is 11.2. The summed E-state index contributed by atoms with van der Waals surface area (Å²) in [6.07, 6.45) is 3.13. The normalized spacial score (nSPS) is 24.7. The number of furan rings is 1. The zero-order valence-corrected chi connectivity index (χ0v) is 10.2. The largest absolute Gasteiger partial charge is 0.478 e. The summed E-state index contributed by atoms with van der Waals surface area (Å²) in [5.74, 6) is 0.924. The summed E-state index contributed by atoms with van der Waals surface area (Å²) in [6, 6.07) is 1.76. The van der Waals surface area contributed by atoms with E-state index in [-0.39, 0.29) is 5.56 Å². The average molecular weight is 257 g/mol. The molecule has 1 saturated heterocycles. The Labute approximate surface area is 102 Å². The van der Waals surface area contributed by atoms with Crippen LogP contribution in [0.25, 0.3) is 0 Å². The van der Waals surface area contributed by atoms with Crippen LogP contribution >= 0.6 is 0 Å². The first-order valence-electron chi connectivity index (χ1n) is 5.55. The molecule has 1 aliphatic rings. The van der Waals surface area contributed by atoms with Crippen LogP contribution < -0.4 is 5.32 Å². The van der Waals surface area contributed by atoms with Crippen LogP contribution in [0.4, 0.5) is 0 Å². The molecule has 0 unspecified atom stereocenters. The Balaban J connectivity index is 1.87. The van der Waals surface area contributed by atoms with Gasteiger partial charge in [-0.05, 0) is 18.9 Å². The van der Waals surface area contributed by atoms with Gasteiger partial charge in [-0.15, -0.1) is 0 Å². The van der Waals surface area contributed by atoms with Gasteiger partial charge in [0.25, 0.3) is 0 Å². The van der Waals surface area contributed by atoms with E-state index in [1.165, 1.54) is 12.3 Å². The molecular weight excluding hydrogens is 242 g/mol. The molecule has 1 aromatic rings. The highest BCUT2D eigenvalue weighted by molar-refractivity contribution is 7.85. The third-order valence-electron chi connectivity index (χ3n) is 2.92. The number of nitrogens with one attached hydrogen (secondary N) is 1. The number of hydrogen-bond acceptors (Lipinski definition) is 4. The molecule has 1 aliphatic heterocycles. The summed E-state index contributed by atoms with van der Waals surface area (Å²) in [5, 5.41) is 12.1. The summed E-state index contributed by atoms with van der Waals surface area (Å²) in [7, 11) is -0.670. The van der Waals surface area contributed by atoms with E-state index in [9.17, 15) is 9.00 Å². The standard InChI is InChI=1S/C11H15NO4S/c13-11(14)9-1-4-16-10(9)7-12-8-2-5-17(15)6-3-8/h1,4,8,12H,2-3,5-7H2,(H,13,14). The second-order valence-electron chi connectivity index (χ2n) is 4.07. The van der Waals surface area contributed by atoms with Gasteiger partial charge in [-0.3, -0.25) is 4.21 Å². The van der Waals surface area contributed by atoms with Crippen molar-refractivity contribution in [3.05, 3.63) is 23.7 Å². The molecule has 1 fully saturated rings. The van der Waals surface area contributed by atoms with Crippen molar-refractivity contribution >= 4 is 16.8 Å². The first kappa shape index (κ1) is 12.3. The van der Waals surface area contributed by atoms with Gasteiger partial charge in [0.1, 0.15) is 11.3 Å². The molecular formula is C11H15NO4S. The van der Waals surface area contributed by atoms with Gasteiger partial charge < -0.3 is 14.8 Å². The molecule has 5 nitrogen and oxygen atoms in total. The van der Waals surface area contributed by atoms with Crippen molar-refractivity contribution in [3.8, 4) is 0 Å². The lowest BCUT2D eigenvalue weighted by Crippen LogP contribution is -2.35. The van der Waals surface area contributed by atoms with E-state index in [2.05, 4.69) is 5.32 Å². The molecule has 0 spiro atoms. The lowest BCUT2D eigenvalue weighted by Gasteiger charge is -2.22. The Bertz CT molecular complexity index is 419. The van der Waals surface area contributed by atoms with E-state index in [0.717, 1.165) is 24.3 Å². The third kappa shape index (κ3) is 3.17. The predicted octanol–water partition coefficient (Wildman–Crippen LogP) is 0.979. The van der Waals surface area contributed by atoms with Gasteiger partial charge in [0.15, 0.2) is 0 Å². The second kappa shape index (κ2) is 5.46. The van der Waals surface area contributed by atoms with Gasteiger partial charge in [-0.1, -0.05) is 0 Å². The van der Waals surface area contributed by atoms with Crippen LogP contribution in [-0.2, 0) is 17.3 Å². The van der Waals surface area contributed by atoms with Gasteiger partial charge in [-0.2, -0.15) is 0 Å². The fraction of sp³-hybridized carbons (Fsp3) is 0.545. The van der Waals surface area contributed by atoms with E-state index in [0.29, 0.717) is 18.3 Å². The van der Waals surface area contributed by atoms with Crippen molar-refractivity contribution in [2.24, 2.45) is 0 Å². The lowest BCUT2D eigenvalue weighted by molar-refractivity contribution is 0.0694. The van der Waals surface area contributed by atoms with Crippen LogP contribution in [0.1, 0.15) is 29.0 Å². The maximum atomic E-state index is 11.2. The van der Waals surface area contributed by atoms with Crippen LogP contribution in [-0.4, -0.2) is 32.8 Å². The smallest absolute Gasteiger partial charge is 0.339 e. The molecule has 0 radical (unpaired) electrons. The molecule has 2 heterocycles. The number of carboxylic acid groups (broad SMARTS) is 1. The third-order valence-corrected chi connectivity index (χ3v) is 4.30. The Morgan fingerprint density at radius 3 is 2.88 bits per heavy atom. The van der Waals surface area contributed by atoms with Crippen LogP contribution in [0.3, 0.4) is 0 Å². The molecule has 0 bridgehead atoms. The number of aromatic carboxylic acids is 1. The minimum absolute atomic E-state index is 0.205. The number of carboxylic acids is 1. The molecule has 2 rings (SSSR count). The summed E-state index contributed by atoms with van der Waals surface area (Å²) >= 11 is 0.